The van der Waals surface area contributed by atoms with Gasteiger partial charge in [0.05, 0.1) is 0 Å². The summed E-state index contributed by atoms with van der Waals surface area (Å²) in [6.07, 6.45) is 2.45. The van der Waals surface area contributed by atoms with Gasteiger partial charge in [-0.05, 0) is 13.3 Å². The van der Waals surface area contributed by atoms with Crippen molar-refractivity contribution < 1.29 is 4.42 Å². The topological polar surface area (TPSA) is 51.0 Å². The van der Waals surface area contributed by atoms with Crippen molar-refractivity contribution in [3.63, 3.8) is 0 Å². The summed E-state index contributed by atoms with van der Waals surface area (Å²) >= 11 is 1.60. The van der Waals surface area contributed by atoms with E-state index in [1.54, 1.807) is 18.7 Å². The van der Waals surface area contributed by atoms with Crippen molar-refractivity contribution in [1.82, 2.24) is 15.5 Å². The Balaban J connectivity index is 2.06. The molecule has 1 N–H and O–H groups in total. The minimum Gasteiger partial charge on any atom is -0.416 e. The Hall–Kier alpha value is -0.550. The Morgan fingerprint density at radius 2 is 2.27 bits per heavy atom. The number of nitrogens with one attached hydrogen (secondary N) is 1. The fraction of sp³-hybridized carbons (Fsp3) is 0.800. The van der Waals surface area contributed by atoms with E-state index >= 15 is 0 Å². The minimum absolute atomic E-state index is 0.597. The summed E-state index contributed by atoms with van der Waals surface area (Å²) in [6, 6.07) is 0.597. The SMILES string of the molecule is CCCC(C)NCCSc1nnc(C)o1. The third-order valence-electron chi connectivity index (χ3n) is 2.05. The molecule has 0 spiro atoms. The third kappa shape index (κ3) is 5.18. The molecule has 0 bridgehead atoms. The molecule has 1 aromatic rings. The summed E-state index contributed by atoms with van der Waals surface area (Å²) in [5, 5.41) is 11.8. The second-order valence-electron chi connectivity index (χ2n) is 3.58. The van der Waals surface area contributed by atoms with Crippen molar-refractivity contribution in [1.29, 1.82) is 0 Å². The average Bonchev–Trinajstić information content (AvgIpc) is 2.60. The zero-order chi connectivity index (χ0) is 11.1. The van der Waals surface area contributed by atoms with Gasteiger partial charge in [-0.15, -0.1) is 10.2 Å². The fourth-order valence-corrected chi connectivity index (χ4v) is 1.99. The molecule has 5 heteroatoms. The number of aromatic nitrogens is 2. The van der Waals surface area contributed by atoms with Crippen LogP contribution in [-0.2, 0) is 0 Å². The normalized spacial score (nSPS) is 13.0. The molecule has 0 saturated heterocycles. The van der Waals surface area contributed by atoms with Gasteiger partial charge in [-0.3, -0.25) is 0 Å². The van der Waals surface area contributed by atoms with Crippen molar-refractivity contribution in [3.05, 3.63) is 5.89 Å². The monoisotopic (exact) mass is 229 g/mol. The summed E-state index contributed by atoms with van der Waals surface area (Å²) in [6.45, 7) is 7.20. The number of rotatable bonds is 7. The highest BCUT2D eigenvalue weighted by Crippen LogP contribution is 2.14. The molecule has 1 rings (SSSR count). The number of hydrogen-bond donors (Lipinski definition) is 1. The standard InChI is InChI=1S/C10H19N3OS/c1-4-5-8(2)11-6-7-15-10-13-12-9(3)14-10/h8,11H,4-7H2,1-3H3. The van der Waals surface area contributed by atoms with Gasteiger partial charge in [-0.25, -0.2) is 0 Å². The van der Waals surface area contributed by atoms with Gasteiger partial charge in [0.1, 0.15) is 0 Å². The molecule has 0 saturated carbocycles. The molecular formula is C10H19N3OS. The highest BCUT2D eigenvalue weighted by atomic mass is 32.2. The van der Waals surface area contributed by atoms with Crippen molar-refractivity contribution in [2.45, 2.75) is 44.9 Å². The van der Waals surface area contributed by atoms with E-state index in [-0.39, 0.29) is 0 Å². The van der Waals surface area contributed by atoms with Crippen LogP contribution in [0.2, 0.25) is 0 Å². The number of thioether (sulfide) groups is 1. The second kappa shape index (κ2) is 6.85. The van der Waals surface area contributed by atoms with Gasteiger partial charge in [0.2, 0.25) is 5.89 Å². The maximum absolute atomic E-state index is 5.25. The summed E-state index contributed by atoms with van der Waals surface area (Å²) in [4.78, 5) is 0. The van der Waals surface area contributed by atoms with Crippen LogP contribution in [0.3, 0.4) is 0 Å². The highest BCUT2D eigenvalue weighted by molar-refractivity contribution is 7.99. The van der Waals surface area contributed by atoms with Gasteiger partial charge in [-0.2, -0.15) is 0 Å². The van der Waals surface area contributed by atoms with Gasteiger partial charge in [0, 0.05) is 25.3 Å². The third-order valence-corrected chi connectivity index (χ3v) is 2.87. The molecule has 1 unspecified atom stereocenters. The molecule has 1 aromatic heterocycles. The number of aryl methyl sites for hydroxylation is 1. The van der Waals surface area contributed by atoms with E-state index in [0.29, 0.717) is 17.2 Å². The Morgan fingerprint density at radius 1 is 1.47 bits per heavy atom. The summed E-state index contributed by atoms with van der Waals surface area (Å²) in [5.74, 6) is 1.60. The molecule has 4 nitrogen and oxygen atoms in total. The molecule has 0 aromatic carbocycles. The van der Waals surface area contributed by atoms with Gasteiger partial charge in [0.25, 0.3) is 5.22 Å². The van der Waals surface area contributed by atoms with Crippen molar-refractivity contribution in [2.24, 2.45) is 0 Å². The first-order valence-electron chi connectivity index (χ1n) is 5.38. The molecule has 0 aliphatic carbocycles. The van der Waals surface area contributed by atoms with Crippen LogP contribution in [-0.4, -0.2) is 28.5 Å². The van der Waals surface area contributed by atoms with Crippen molar-refractivity contribution >= 4 is 11.8 Å². The Labute approximate surface area is 95.2 Å². The molecular weight excluding hydrogens is 210 g/mol. The lowest BCUT2D eigenvalue weighted by molar-refractivity contribution is 0.429. The molecule has 0 amide bonds. The Bertz CT molecular complexity index is 277. The number of nitrogens with zero attached hydrogens (tertiary/aromatic N) is 2. The van der Waals surface area contributed by atoms with E-state index in [2.05, 4.69) is 29.4 Å². The van der Waals surface area contributed by atoms with Crippen molar-refractivity contribution in [3.8, 4) is 0 Å². The maximum atomic E-state index is 5.25. The lowest BCUT2D eigenvalue weighted by atomic mass is 10.2. The van der Waals surface area contributed by atoms with Crippen LogP contribution >= 0.6 is 11.8 Å². The summed E-state index contributed by atoms with van der Waals surface area (Å²) in [7, 11) is 0. The zero-order valence-electron chi connectivity index (χ0n) is 9.62. The van der Waals surface area contributed by atoms with Gasteiger partial charge < -0.3 is 9.73 Å². The largest absolute Gasteiger partial charge is 0.416 e. The van der Waals surface area contributed by atoms with E-state index in [1.165, 1.54) is 12.8 Å². The quantitative estimate of drug-likeness (QED) is 0.574. The molecule has 0 fully saturated rings. The van der Waals surface area contributed by atoms with E-state index in [1.807, 2.05) is 0 Å². The number of hydrogen-bond acceptors (Lipinski definition) is 5. The maximum Gasteiger partial charge on any atom is 0.276 e. The van der Waals surface area contributed by atoms with Crippen LogP contribution in [0.1, 0.15) is 32.6 Å². The Kier molecular flexibility index (Phi) is 5.71. The minimum atomic E-state index is 0.597. The smallest absolute Gasteiger partial charge is 0.276 e. The van der Waals surface area contributed by atoms with E-state index in [9.17, 15) is 0 Å². The molecule has 0 aliphatic heterocycles. The average molecular weight is 229 g/mol. The summed E-state index contributed by atoms with van der Waals surface area (Å²) in [5.41, 5.74) is 0. The lowest BCUT2D eigenvalue weighted by Gasteiger charge is -2.11. The van der Waals surface area contributed by atoms with Crippen LogP contribution in [0.4, 0.5) is 0 Å². The molecule has 0 aliphatic rings. The van der Waals surface area contributed by atoms with Gasteiger partial charge in [-0.1, -0.05) is 25.1 Å². The molecule has 0 radical (unpaired) electrons. The van der Waals surface area contributed by atoms with E-state index in [4.69, 9.17) is 4.42 Å². The second-order valence-corrected chi connectivity index (χ2v) is 4.63. The Morgan fingerprint density at radius 3 is 2.87 bits per heavy atom. The van der Waals surface area contributed by atoms with E-state index in [0.717, 1.165) is 12.3 Å². The summed E-state index contributed by atoms with van der Waals surface area (Å²) < 4.78 is 5.25. The van der Waals surface area contributed by atoms with Crippen LogP contribution in [0.5, 0.6) is 0 Å². The zero-order valence-corrected chi connectivity index (χ0v) is 10.4. The first-order valence-corrected chi connectivity index (χ1v) is 6.37. The predicted octanol–water partition coefficient (Wildman–Crippen LogP) is 2.25. The van der Waals surface area contributed by atoms with E-state index < -0.39 is 0 Å². The van der Waals surface area contributed by atoms with Gasteiger partial charge >= 0.3 is 0 Å². The van der Waals surface area contributed by atoms with Crippen LogP contribution in [0.25, 0.3) is 0 Å². The van der Waals surface area contributed by atoms with Gasteiger partial charge in [0.15, 0.2) is 0 Å². The lowest BCUT2D eigenvalue weighted by Crippen LogP contribution is -2.27. The molecule has 15 heavy (non-hydrogen) atoms. The van der Waals surface area contributed by atoms with Crippen LogP contribution in [0, 0.1) is 6.92 Å². The molecule has 1 heterocycles. The van der Waals surface area contributed by atoms with Crippen LogP contribution < -0.4 is 5.32 Å². The highest BCUT2D eigenvalue weighted by Gasteiger charge is 2.03. The molecule has 86 valence electrons. The first kappa shape index (κ1) is 12.5. The molecule has 1 atom stereocenters. The fourth-order valence-electron chi connectivity index (χ4n) is 1.32. The first-order chi connectivity index (χ1) is 7.22. The van der Waals surface area contributed by atoms with Crippen LogP contribution in [0.15, 0.2) is 9.64 Å². The van der Waals surface area contributed by atoms with Crippen molar-refractivity contribution in [2.75, 3.05) is 12.3 Å². The predicted molar refractivity (Wildman–Crippen MR) is 62.1 cm³/mol.